The topological polar surface area (TPSA) is 93.3 Å². The molecule has 0 aliphatic carbocycles. The van der Waals surface area contributed by atoms with E-state index in [0.29, 0.717) is 16.8 Å². The molecule has 0 aliphatic rings. The number of pyridine rings is 1. The van der Waals surface area contributed by atoms with Gasteiger partial charge >= 0.3 is 5.97 Å². The highest BCUT2D eigenvalue weighted by Crippen LogP contribution is 2.39. The number of hydrogen-bond donors (Lipinski definition) is 1. The van der Waals surface area contributed by atoms with E-state index in [1.807, 2.05) is 42.5 Å². The maximum Gasteiger partial charge on any atom is 0.335 e. The molecule has 142 valence electrons. The van der Waals surface area contributed by atoms with Crippen LogP contribution in [-0.2, 0) is 0 Å². The van der Waals surface area contributed by atoms with Crippen LogP contribution in [-0.4, -0.2) is 21.0 Å². The van der Waals surface area contributed by atoms with Crippen LogP contribution in [0.1, 0.15) is 10.4 Å². The first kappa shape index (κ1) is 18.6. The molecule has 0 radical (unpaired) electrons. The predicted molar refractivity (Wildman–Crippen MR) is 111 cm³/mol. The highest BCUT2D eigenvalue weighted by Gasteiger charge is 2.21. The Hall–Kier alpha value is -3.77. The van der Waals surface area contributed by atoms with Crippen LogP contribution in [0, 0.1) is 10.1 Å². The zero-order chi connectivity index (χ0) is 20.5. The molecular formula is C22H13ClN2O4. The molecule has 0 bridgehead atoms. The third-order valence-electron chi connectivity index (χ3n) is 4.60. The van der Waals surface area contributed by atoms with E-state index in [2.05, 4.69) is 4.98 Å². The molecule has 1 N–H and O–H groups in total. The molecule has 0 fully saturated rings. The third-order valence-corrected chi connectivity index (χ3v) is 4.98. The van der Waals surface area contributed by atoms with E-state index >= 15 is 0 Å². The summed E-state index contributed by atoms with van der Waals surface area (Å²) in [5.41, 5.74) is 2.31. The van der Waals surface area contributed by atoms with Crippen molar-refractivity contribution in [2.24, 2.45) is 0 Å². The largest absolute Gasteiger partial charge is 0.478 e. The van der Waals surface area contributed by atoms with E-state index < -0.39 is 10.9 Å². The normalized spacial score (nSPS) is 10.8. The summed E-state index contributed by atoms with van der Waals surface area (Å²) in [4.78, 5) is 26.9. The maximum absolute atomic E-state index is 11.5. The van der Waals surface area contributed by atoms with Crippen molar-refractivity contribution < 1.29 is 14.8 Å². The lowest BCUT2D eigenvalue weighted by atomic mass is 9.99. The molecular weight excluding hydrogens is 392 g/mol. The molecule has 0 unspecified atom stereocenters. The van der Waals surface area contributed by atoms with Crippen LogP contribution in [0.25, 0.3) is 33.3 Å². The number of halogens is 1. The fraction of sp³-hybridized carbons (Fsp3) is 0. The first-order valence-corrected chi connectivity index (χ1v) is 9.00. The number of benzene rings is 3. The minimum absolute atomic E-state index is 0.0623. The van der Waals surface area contributed by atoms with Crippen molar-refractivity contribution in [3.8, 4) is 22.4 Å². The van der Waals surface area contributed by atoms with Crippen molar-refractivity contribution in [3.63, 3.8) is 0 Å². The molecule has 0 amide bonds. The van der Waals surface area contributed by atoms with Crippen LogP contribution >= 0.6 is 11.6 Å². The van der Waals surface area contributed by atoms with Gasteiger partial charge in [0.25, 0.3) is 5.69 Å². The first-order chi connectivity index (χ1) is 14.0. The summed E-state index contributed by atoms with van der Waals surface area (Å²) in [5, 5.41) is 21.8. The number of fused-ring (bicyclic) bond motifs is 1. The molecule has 3 aromatic carbocycles. The number of nitrogens with zero attached hydrogens (tertiary/aromatic N) is 2. The van der Waals surface area contributed by atoms with E-state index in [0.717, 1.165) is 10.9 Å². The Balaban J connectivity index is 1.96. The summed E-state index contributed by atoms with van der Waals surface area (Å²) in [7, 11) is 0. The van der Waals surface area contributed by atoms with E-state index in [9.17, 15) is 20.0 Å². The summed E-state index contributed by atoms with van der Waals surface area (Å²) in [6.07, 6.45) is 0. The van der Waals surface area contributed by atoms with Crippen molar-refractivity contribution in [2.75, 3.05) is 0 Å². The maximum atomic E-state index is 11.5. The van der Waals surface area contributed by atoms with E-state index in [1.54, 1.807) is 12.1 Å². The summed E-state index contributed by atoms with van der Waals surface area (Å²) in [6.45, 7) is 0. The van der Waals surface area contributed by atoms with Gasteiger partial charge in [-0.1, -0.05) is 60.1 Å². The summed E-state index contributed by atoms with van der Waals surface area (Å²) < 4.78 is 0. The van der Waals surface area contributed by atoms with Gasteiger partial charge in [-0.05, 0) is 18.2 Å². The molecule has 4 aromatic rings. The summed E-state index contributed by atoms with van der Waals surface area (Å²) in [6, 6.07) is 20.3. The number of carboxylic acid groups (broad SMARTS) is 1. The number of carbonyl (C=O) groups is 1. The van der Waals surface area contributed by atoms with Gasteiger partial charge in [-0.2, -0.15) is 0 Å². The number of hydrogen-bond acceptors (Lipinski definition) is 4. The Morgan fingerprint density at radius 2 is 1.69 bits per heavy atom. The lowest BCUT2D eigenvalue weighted by Gasteiger charge is -2.10. The third kappa shape index (κ3) is 3.41. The Morgan fingerprint density at radius 1 is 0.966 bits per heavy atom. The van der Waals surface area contributed by atoms with Gasteiger partial charge in [0.2, 0.25) is 0 Å². The van der Waals surface area contributed by atoms with Gasteiger partial charge in [-0.3, -0.25) is 10.1 Å². The Kier molecular flexibility index (Phi) is 4.70. The van der Waals surface area contributed by atoms with Crippen LogP contribution in [0.2, 0.25) is 5.02 Å². The monoisotopic (exact) mass is 404 g/mol. The highest BCUT2D eigenvalue weighted by molar-refractivity contribution is 6.38. The van der Waals surface area contributed by atoms with Gasteiger partial charge in [0, 0.05) is 22.6 Å². The average Bonchev–Trinajstić information content (AvgIpc) is 2.74. The smallest absolute Gasteiger partial charge is 0.335 e. The lowest BCUT2D eigenvalue weighted by Crippen LogP contribution is -2.00. The van der Waals surface area contributed by atoms with Gasteiger partial charge in [0.05, 0.1) is 32.3 Å². The van der Waals surface area contributed by atoms with Gasteiger partial charge in [0.15, 0.2) is 0 Å². The number of carboxylic acids is 1. The molecule has 0 atom stereocenters. The fourth-order valence-corrected chi connectivity index (χ4v) is 3.49. The molecule has 0 saturated heterocycles. The molecule has 29 heavy (non-hydrogen) atoms. The Morgan fingerprint density at radius 3 is 2.38 bits per heavy atom. The number of nitro groups is 1. The van der Waals surface area contributed by atoms with Crippen molar-refractivity contribution in [3.05, 3.63) is 93.5 Å². The zero-order valence-corrected chi connectivity index (χ0v) is 15.6. The second kappa shape index (κ2) is 7.33. The molecule has 4 rings (SSSR count). The SMILES string of the molecule is O=C(O)c1ccc([N+](=O)[O-])c(-c2ccc3ccc(-c4ccccc4)nc3c2Cl)c1. The molecule has 0 spiro atoms. The quantitative estimate of drug-likeness (QED) is 0.341. The lowest BCUT2D eigenvalue weighted by molar-refractivity contribution is -0.384. The van der Waals surface area contributed by atoms with Gasteiger partial charge in [-0.25, -0.2) is 9.78 Å². The average molecular weight is 405 g/mol. The standard InChI is InChI=1S/C22H13ClN2O4/c23-20-16(17-12-15(22(26)27)8-11-19(17)25(28)29)9-6-14-7-10-18(24-21(14)20)13-4-2-1-3-5-13/h1-12H,(H,26,27). The number of aromatic nitrogens is 1. The van der Waals surface area contributed by atoms with Crippen LogP contribution in [0.15, 0.2) is 72.8 Å². The molecule has 1 heterocycles. The van der Waals surface area contributed by atoms with Gasteiger partial charge < -0.3 is 5.11 Å². The van der Waals surface area contributed by atoms with Crippen LogP contribution in [0.5, 0.6) is 0 Å². The second-order valence-electron chi connectivity index (χ2n) is 6.36. The molecule has 7 heteroatoms. The van der Waals surface area contributed by atoms with Gasteiger partial charge in [0.1, 0.15) is 0 Å². The highest BCUT2D eigenvalue weighted by atomic mass is 35.5. The Labute approximate surface area is 170 Å². The van der Waals surface area contributed by atoms with Crippen molar-refractivity contribution in [1.82, 2.24) is 4.98 Å². The summed E-state index contributed by atoms with van der Waals surface area (Å²) in [5.74, 6) is -1.18. The van der Waals surface area contributed by atoms with Crippen molar-refractivity contribution in [2.45, 2.75) is 0 Å². The number of nitro benzene ring substituents is 1. The van der Waals surface area contributed by atoms with Crippen molar-refractivity contribution >= 4 is 34.2 Å². The molecule has 0 aliphatic heterocycles. The van der Waals surface area contributed by atoms with Crippen LogP contribution < -0.4 is 0 Å². The van der Waals surface area contributed by atoms with Crippen molar-refractivity contribution in [1.29, 1.82) is 0 Å². The Bertz CT molecular complexity index is 1270. The molecule has 0 saturated carbocycles. The van der Waals surface area contributed by atoms with E-state index in [4.69, 9.17) is 11.6 Å². The zero-order valence-electron chi connectivity index (χ0n) is 14.9. The molecule has 6 nitrogen and oxygen atoms in total. The van der Waals surface area contributed by atoms with E-state index in [1.165, 1.54) is 18.2 Å². The number of aromatic carboxylic acids is 1. The second-order valence-corrected chi connectivity index (χ2v) is 6.73. The molecule has 1 aromatic heterocycles. The first-order valence-electron chi connectivity index (χ1n) is 8.62. The van der Waals surface area contributed by atoms with E-state index in [-0.39, 0.29) is 21.8 Å². The minimum atomic E-state index is -1.18. The van der Waals surface area contributed by atoms with Crippen LogP contribution in [0.3, 0.4) is 0 Å². The number of rotatable bonds is 4. The fourth-order valence-electron chi connectivity index (χ4n) is 3.18. The predicted octanol–water partition coefficient (Wildman–Crippen LogP) is 5.83. The minimum Gasteiger partial charge on any atom is -0.478 e. The van der Waals surface area contributed by atoms with Gasteiger partial charge in [-0.15, -0.1) is 0 Å². The summed E-state index contributed by atoms with van der Waals surface area (Å²) >= 11 is 6.61. The van der Waals surface area contributed by atoms with Crippen LogP contribution in [0.4, 0.5) is 5.69 Å².